The Morgan fingerprint density at radius 2 is 1.93 bits per heavy atom. The summed E-state index contributed by atoms with van der Waals surface area (Å²) in [5.41, 5.74) is 4.23. The fourth-order valence-electron chi connectivity index (χ4n) is 4.37. The Labute approximate surface area is 159 Å². The van der Waals surface area contributed by atoms with Gasteiger partial charge in [0.1, 0.15) is 5.54 Å². The van der Waals surface area contributed by atoms with Crippen LogP contribution in [0, 0.1) is 5.92 Å². The number of nitrogens with zero attached hydrogens (tertiary/aromatic N) is 2. The molecule has 2 aliphatic heterocycles. The summed E-state index contributed by atoms with van der Waals surface area (Å²) in [7, 11) is 0. The number of urea groups is 1. The molecule has 1 aromatic rings. The van der Waals surface area contributed by atoms with E-state index in [2.05, 4.69) is 29.8 Å². The van der Waals surface area contributed by atoms with Crippen LogP contribution in [0.4, 0.5) is 4.79 Å². The van der Waals surface area contributed by atoms with Crippen LogP contribution in [0.25, 0.3) is 0 Å². The van der Waals surface area contributed by atoms with E-state index in [-0.39, 0.29) is 18.4 Å². The highest BCUT2D eigenvalue weighted by Gasteiger charge is 2.52. The summed E-state index contributed by atoms with van der Waals surface area (Å²) in [6.45, 7) is 3.80. The number of carbonyl (C=O) groups is 3. The highest BCUT2D eigenvalue weighted by molar-refractivity contribution is 6.08. The first-order valence-corrected chi connectivity index (χ1v) is 9.72. The number of carbonyl (C=O) groups excluding carboxylic acids is 3. The summed E-state index contributed by atoms with van der Waals surface area (Å²) in [5.74, 6) is -0.0956. The first-order valence-electron chi connectivity index (χ1n) is 9.72. The van der Waals surface area contributed by atoms with Gasteiger partial charge in [-0.15, -0.1) is 0 Å². The lowest BCUT2D eigenvalue weighted by molar-refractivity contribution is -0.140. The van der Waals surface area contributed by atoms with Gasteiger partial charge in [-0.05, 0) is 49.1 Å². The van der Waals surface area contributed by atoms with Crippen LogP contribution in [0.5, 0.6) is 0 Å². The van der Waals surface area contributed by atoms with Gasteiger partial charge in [0.2, 0.25) is 0 Å². The standard InChI is InChI=1S/C20H26N4O3/c1-14-6-9-20(10-7-14)18(26)24(19(27)21-20)22-17(25)13-23-11-8-15-4-2-3-5-16(15)12-23/h2-5,14H,6-13H2,1H3,(H,21,27)(H,22,25). The van der Waals surface area contributed by atoms with Gasteiger partial charge >= 0.3 is 6.03 Å². The van der Waals surface area contributed by atoms with E-state index in [4.69, 9.17) is 0 Å². The second kappa shape index (κ2) is 6.96. The molecule has 3 aliphatic rings. The van der Waals surface area contributed by atoms with Gasteiger partial charge < -0.3 is 5.32 Å². The number of rotatable bonds is 3. The number of hydrogen-bond acceptors (Lipinski definition) is 4. The van der Waals surface area contributed by atoms with E-state index in [1.165, 1.54) is 11.1 Å². The second-order valence-corrected chi connectivity index (χ2v) is 8.10. The molecular formula is C20H26N4O3. The Morgan fingerprint density at radius 3 is 2.67 bits per heavy atom. The summed E-state index contributed by atoms with van der Waals surface area (Å²) in [5, 5.41) is 3.71. The highest BCUT2D eigenvalue weighted by Crippen LogP contribution is 2.35. The quantitative estimate of drug-likeness (QED) is 0.792. The van der Waals surface area contributed by atoms with Crippen molar-refractivity contribution < 1.29 is 14.4 Å². The number of hydrazine groups is 1. The Balaban J connectivity index is 1.36. The summed E-state index contributed by atoms with van der Waals surface area (Å²) in [6, 6.07) is 7.70. The minimum absolute atomic E-state index is 0.162. The molecule has 7 nitrogen and oxygen atoms in total. The van der Waals surface area contributed by atoms with Gasteiger partial charge in [0, 0.05) is 13.1 Å². The van der Waals surface area contributed by atoms with Crippen LogP contribution in [0.2, 0.25) is 0 Å². The molecule has 1 aliphatic carbocycles. The van der Waals surface area contributed by atoms with Crippen molar-refractivity contribution in [3.05, 3.63) is 35.4 Å². The third-order valence-corrected chi connectivity index (χ3v) is 6.10. The maximum Gasteiger partial charge on any atom is 0.344 e. The Morgan fingerprint density at radius 1 is 1.22 bits per heavy atom. The van der Waals surface area contributed by atoms with Crippen LogP contribution < -0.4 is 10.7 Å². The monoisotopic (exact) mass is 370 g/mol. The van der Waals surface area contributed by atoms with Gasteiger partial charge in [0.25, 0.3) is 11.8 Å². The first-order chi connectivity index (χ1) is 13.0. The molecule has 0 bridgehead atoms. The molecule has 1 aromatic carbocycles. The maximum atomic E-state index is 12.8. The molecule has 1 saturated carbocycles. The average molecular weight is 370 g/mol. The van der Waals surface area contributed by atoms with E-state index >= 15 is 0 Å². The van der Waals surface area contributed by atoms with Gasteiger partial charge in [-0.2, -0.15) is 5.01 Å². The van der Waals surface area contributed by atoms with Crippen molar-refractivity contribution in [3.8, 4) is 0 Å². The number of fused-ring (bicyclic) bond motifs is 1. The van der Waals surface area contributed by atoms with Gasteiger partial charge in [0.05, 0.1) is 6.54 Å². The van der Waals surface area contributed by atoms with Gasteiger partial charge in [-0.3, -0.25) is 19.9 Å². The number of benzene rings is 1. The van der Waals surface area contributed by atoms with Crippen molar-refractivity contribution in [3.63, 3.8) is 0 Å². The lowest BCUT2D eigenvalue weighted by atomic mass is 9.77. The molecule has 27 heavy (non-hydrogen) atoms. The molecule has 144 valence electrons. The van der Waals surface area contributed by atoms with Crippen molar-refractivity contribution >= 4 is 17.8 Å². The molecule has 4 rings (SSSR count). The van der Waals surface area contributed by atoms with E-state index in [0.29, 0.717) is 25.3 Å². The maximum absolute atomic E-state index is 12.8. The zero-order valence-corrected chi connectivity index (χ0v) is 15.7. The smallest absolute Gasteiger partial charge is 0.322 e. The Bertz CT molecular complexity index is 770. The lowest BCUT2D eigenvalue weighted by Gasteiger charge is -2.33. The average Bonchev–Trinajstić information content (AvgIpc) is 2.88. The minimum Gasteiger partial charge on any atom is -0.322 e. The van der Waals surface area contributed by atoms with Crippen molar-refractivity contribution in [2.75, 3.05) is 13.1 Å². The molecule has 2 fully saturated rings. The molecule has 4 amide bonds. The van der Waals surface area contributed by atoms with E-state index in [1.807, 2.05) is 17.0 Å². The van der Waals surface area contributed by atoms with Crippen molar-refractivity contribution in [1.29, 1.82) is 0 Å². The molecule has 1 spiro atoms. The molecule has 0 unspecified atom stereocenters. The van der Waals surface area contributed by atoms with E-state index in [9.17, 15) is 14.4 Å². The zero-order valence-electron chi connectivity index (χ0n) is 15.7. The fourth-order valence-corrected chi connectivity index (χ4v) is 4.37. The molecule has 7 heteroatoms. The SMILES string of the molecule is CC1CCC2(CC1)NC(=O)N(NC(=O)CN1CCc3ccccc3C1)C2=O. The molecule has 0 radical (unpaired) electrons. The van der Waals surface area contributed by atoms with E-state index in [0.717, 1.165) is 30.8 Å². The molecule has 0 atom stereocenters. The van der Waals surface area contributed by atoms with Crippen molar-refractivity contribution in [1.82, 2.24) is 20.7 Å². The van der Waals surface area contributed by atoms with Crippen LogP contribution in [0.15, 0.2) is 24.3 Å². The van der Waals surface area contributed by atoms with Crippen LogP contribution in [-0.2, 0) is 22.6 Å². The molecule has 0 aromatic heterocycles. The zero-order chi connectivity index (χ0) is 19.0. The van der Waals surface area contributed by atoms with Gasteiger partial charge in [0.15, 0.2) is 0 Å². The predicted octanol–water partition coefficient (Wildman–Crippen LogP) is 1.58. The number of imide groups is 1. The Kier molecular flexibility index (Phi) is 4.63. The lowest BCUT2D eigenvalue weighted by Crippen LogP contribution is -2.53. The summed E-state index contributed by atoms with van der Waals surface area (Å²) in [4.78, 5) is 39.6. The molecule has 1 saturated heterocycles. The van der Waals surface area contributed by atoms with E-state index < -0.39 is 11.6 Å². The first kappa shape index (κ1) is 18.0. The third-order valence-electron chi connectivity index (χ3n) is 6.10. The van der Waals surface area contributed by atoms with Crippen molar-refractivity contribution in [2.24, 2.45) is 5.92 Å². The molecule has 2 N–H and O–H groups in total. The van der Waals surface area contributed by atoms with Crippen LogP contribution in [0.3, 0.4) is 0 Å². The van der Waals surface area contributed by atoms with Crippen LogP contribution in [-0.4, -0.2) is 46.4 Å². The fraction of sp³-hybridized carbons (Fsp3) is 0.550. The van der Waals surface area contributed by atoms with E-state index in [1.54, 1.807) is 0 Å². The van der Waals surface area contributed by atoms with Gasteiger partial charge in [-0.1, -0.05) is 31.2 Å². The third kappa shape index (κ3) is 3.43. The topological polar surface area (TPSA) is 81.8 Å². The predicted molar refractivity (Wildman–Crippen MR) is 99.3 cm³/mol. The normalized spacial score (nSPS) is 28.2. The van der Waals surface area contributed by atoms with Crippen molar-refractivity contribution in [2.45, 2.75) is 51.1 Å². The number of nitrogens with one attached hydrogen (secondary N) is 2. The highest BCUT2D eigenvalue weighted by atomic mass is 16.2. The molecular weight excluding hydrogens is 344 g/mol. The summed E-state index contributed by atoms with van der Waals surface area (Å²) >= 11 is 0. The largest absolute Gasteiger partial charge is 0.344 e. The number of amides is 4. The van der Waals surface area contributed by atoms with Crippen LogP contribution in [0.1, 0.15) is 43.7 Å². The van der Waals surface area contributed by atoms with Crippen LogP contribution >= 0.6 is 0 Å². The summed E-state index contributed by atoms with van der Waals surface area (Å²) in [6.07, 6.45) is 3.97. The molecule has 2 heterocycles. The van der Waals surface area contributed by atoms with Gasteiger partial charge in [-0.25, -0.2) is 4.79 Å². The summed E-state index contributed by atoms with van der Waals surface area (Å²) < 4.78 is 0. The minimum atomic E-state index is -0.832. The second-order valence-electron chi connectivity index (χ2n) is 8.10. The number of hydrogen-bond donors (Lipinski definition) is 2. The Hall–Kier alpha value is -2.41.